The van der Waals surface area contributed by atoms with Crippen LogP contribution in [0.15, 0.2) is 18.2 Å². The molecule has 1 aliphatic heterocycles. The lowest BCUT2D eigenvalue weighted by Crippen LogP contribution is -3.00. The van der Waals surface area contributed by atoms with Gasteiger partial charge in [-0.1, -0.05) is 0 Å². The number of anilines is 2. The van der Waals surface area contributed by atoms with Crippen molar-refractivity contribution >= 4 is 11.4 Å². The topological polar surface area (TPSA) is 29.3 Å². The third kappa shape index (κ3) is 3.59. The predicted octanol–water partition coefficient (Wildman–Crippen LogP) is -3.10. The third-order valence-electron chi connectivity index (χ3n) is 2.77. The highest BCUT2D eigenvalue weighted by Crippen LogP contribution is 2.38. The Morgan fingerprint density at radius 3 is 2.11 bits per heavy atom. The molecule has 0 aliphatic carbocycles. The first-order chi connectivity index (χ1) is 7.48. The van der Waals surface area contributed by atoms with Gasteiger partial charge in [-0.15, -0.1) is 0 Å². The fraction of sp³-hybridized carbons (Fsp3) is 0.455. The molecule has 104 valence electrons. The molecular weight excluding hydrogens is 288 g/mol. The van der Waals surface area contributed by atoms with E-state index in [4.69, 9.17) is 5.73 Å². The summed E-state index contributed by atoms with van der Waals surface area (Å²) in [6, 6.07) is 3.99. The van der Waals surface area contributed by atoms with Gasteiger partial charge in [-0.3, -0.25) is 0 Å². The molecule has 0 saturated carbocycles. The first kappa shape index (κ1) is 17.2. The summed E-state index contributed by atoms with van der Waals surface area (Å²) in [5.41, 5.74) is 5.17. The summed E-state index contributed by atoms with van der Waals surface area (Å²) in [4.78, 5) is 1.77. The van der Waals surface area contributed by atoms with E-state index in [1.54, 1.807) is 4.90 Å². The minimum atomic E-state index is -4.34. The Morgan fingerprint density at radius 2 is 1.61 bits per heavy atom. The van der Waals surface area contributed by atoms with E-state index in [0.29, 0.717) is 13.1 Å². The molecule has 2 rings (SSSR count). The fourth-order valence-electron chi connectivity index (χ4n) is 2.01. The maximum absolute atomic E-state index is 12.8. The van der Waals surface area contributed by atoms with Gasteiger partial charge < -0.3 is 35.4 Å². The summed E-state index contributed by atoms with van der Waals surface area (Å²) < 4.78 is 38.4. The monoisotopic (exact) mass is 300 g/mol. The van der Waals surface area contributed by atoms with E-state index in [1.807, 2.05) is 0 Å². The van der Waals surface area contributed by atoms with Crippen molar-refractivity contribution in [3.8, 4) is 0 Å². The number of hydrogen-bond donors (Lipinski definition) is 1. The van der Waals surface area contributed by atoms with Crippen LogP contribution in [-0.2, 0) is 6.18 Å². The molecule has 0 amide bonds. The molecule has 2 nitrogen and oxygen atoms in total. The Hall–Kier alpha value is -0.810. The molecule has 1 aromatic rings. The summed E-state index contributed by atoms with van der Waals surface area (Å²) >= 11 is 0. The van der Waals surface area contributed by atoms with Crippen LogP contribution in [-0.4, -0.2) is 13.1 Å². The van der Waals surface area contributed by atoms with Crippen molar-refractivity contribution in [2.75, 3.05) is 23.7 Å². The Bertz CT molecular complexity index is 390. The smallest absolute Gasteiger partial charge is 0.418 e. The molecule has 0 aromatic heterocycles. The molecule has 18 heavy (non-hydrogen) atoms. The molecule has 0 bridgehead atoms. The highest BCUT2D eigenvalue weighted by molar-refractivity contribution is 5.61. The number of rotatable bonds is 1. The number of halogens is 5. The number of alkyl halides is 3. The lowest BCUT2D eigenvalue weighted by Gasteiger charge is -2.22. The van der Waals surface area contributed by atoms with Gasteiger partial charge in [0.15, 0.2) is 0 Å². The second-order valence-electron chi connectivity index (χ2n) is 3.97. The Labute approximate surface area is 116 Å². The van der Waals surface area contributed by atoms with Gasteiger partial charge in [0, 0.05) is 24.5 Å². The second-order valence-corrected chi connectivity index (χ2v) is 3.97. The van der Waals surface area contributed by atoms with Crippen molar-refractivity contribution in [3.05, 3.63) is 23.8 Å². The van der Waals surface area contributed by atoms with Crippen LogP contribution in [0.25, 0.3) is 0 Å². The molecule has 0 spiro atoms. The number of nitrogens with two attached hydrogens (primary N) is 1. The molecule has 2 N–H and O–H groups in total. The Kier molecular flexibility index (Phi) is 6.10. The standard InChI is InChI=1S/C11H13F3N2.2ClH/c12-11(13,14)9-7-8(15)3-4-10(9)16-5-1-2-6-16;;/h3-4,7H,1-2,5-6,15H2;2*1H/p-2. The zero-order valence-electron chi connectivity index (χ0n) is 9.47. The molecule has 1 aliphatic rings. The minimum absolute atomic E-state index is 0. The molecule has 0 atom stereocenters. The minimum Gasteiger partial charge on any atom is -1.00 e. The Morgan fingerprint density at radius 1 is 1.06 bits per heavy atom. The van der Waals surface area contributed by atoms with Crippen LogP contribution in [0, 0.1) is 0 Å². The van der Waals surface area contributed by atoms with Gasteiger partial charge in [-0.05, 0) is 31.0 Å². The van der Waals surface area contributed by atoms with Gasteiger partial charge >= 0.3 is 6.18 Å². The van der Waals surface area contributed by atoms with Crippen molar-refractivity contribution in [1.82, 2.24) is 0 Å². The molecule has 1 heterocycles. The van der Waals surface area contributed by atoms with Gasteiger partial charge in [-0.2, -0.15) is 13.2 Å². The SMILES string of the molecule is Nc1ccc(N2CCCC2)c(C(F)(F)F)c1.[Cl-].[Cl-]. The van der Waals surface area contributed by atoms with E-state index in [-0.39, 0.29) is 36.2 Å². The number of benzene rings is 1. The van der Waals surface area contributed by atoms with E-state index in [2.05, 4.69) is 0 Å². The van der Waals surface area contributed by atoms with Crippen LogP contribution >= 0.6 is 0 Å². The van der Waals surface area contributed by atoms with Crippen molar-refractivity contribution in [3.63, 3.8) is 0 Å². The second kappa shape index (κ2) is 6.38. The molecule has 0 unspecified atom stereocenters. The van der Waals surface area contributed by atoms with Gasteiger partial charge in [0.2, 0.25) is 0 Å². The zero-order valence-corrected chi connectivity index (χ0v) is 11.0. The third-order valence-corrected chi connectivity index (χ3v) is 2.77. The highest BCUT2D eigenvalue weighted by atomic mass is 35.5. The quantitative estimate of drug-likeness (QED) is 0.557. The van der Waals surface area contributed by atoms with Crippen LogP contribution in [0.1, 0.15) is 18.4 Å². The zero-order chi connectivity index (χ0) is 11.8. The Balaban J connectivity index is 0.00000144. The molecule has 1 fully saturated rings. The van der Waals surface area contributed by atoms with Crippen LogP contribution in [0.3, 0.4) is 0 Å². The van der Waals surface area contributed by atoms with Crippen LogP contribution in [0.4, 0.5) is 24.5 Å². The number of hydrogen-bond acceptors (Lipinski definition) is 2. The maximum Gasteiger partial charge on any atom is 0.418 e. The summed E-state index contributed by atoms with van der Waals surface area (Å²) in [7, 11) is 0. The van der Waals surface area contributed by atoms with Gasteiger partial charge in [0.25, 0.3) is 0 Å². The highest BCUT2D eigenvalue weighted by Gasteiger charge is 2.35. The van der Waals surface area contributed by atoms with Crippen LogP contribution < -0.4 is 35.4 Å². The first-order valence-corrected chi connectivity index (χ1v) is 5.20. The molecule has 1 aromatic carbocycles. The molecule has 0 radical (unpaired) electrons. The summed E-state index contributed by atoms with van der Waals surface area (Å²) in [6.45, 7) is 1.37. The summed E-state index contributed by atoms with van der Waals surface area (Å²) in [5, 5.41) is 0. The molecule has 7 heteroatoms. The van der Waals surface area contributed by atoms with Crippen molar-refractivity contribution < 1.29 is 38.0 Å². The predicted molar refractivity (Wildman–Crippen MR) is 57.3 cm³/mol. The van der Waals surface area contributed by atoms with E-state index < -0.39 is 11.7 Å². The van der Waals surface area contributed by atoms with Crippen LogP contribution in [0.5, 0.6) is 0 Å². The average Bonchev–Trinajstić information content (AvgIpc) is 2.69. The van der Waals surface area contributed by atoms with Crippen molar-refractivity contribution in [2.24, 2.45) is 0 Å². The van der Waals surface area contributed by atoms with Crippen LogP contribution in [0.2, 0.25) is 0 Å². The maximum atomic E-state index is 12.8. The largest absolute Gasteiger partial charge is 1.00 e. The fourth-order valence-corrected chi connectivity index (χ4v) is 2.01. The lowest BCUT2D eigenvalue weighted by atomic mass is 10.1. The van der Waals surface area contributed by atoms with Gasteiger partial charge in [-0.25, -0.2) is 0 Å². The number of nitrogens with zero attached hydrogens (tertiary/aromatic N) is 1. The summed E-state index contributed by atoms with van der Waals surface area (Å²) in [6.07, 6.45) is -2.45. The lowest BCUT2D eigenvalue weighted by molar-refractivity contribution is -0.137. The van der Waals surface area contributed by atoms with E-state index >= 15 is 0 Å². The average molecular weight is 301 g/mol. The molecular formula is C11H13Cl2F3N2-2. The normalized spacial score (nSPS) is 14.9. The number of nitrogen functional groups attached to an aromatic ring is 1. The van der Waals surface area contributed by atoms with E-state index in [0.717, 1.165) is 18.9 Å². The first-order valence-electron chi connectivity index (χ1n) is 5.20. The van der Waals surface area contributed by atoms with Crippen molar-refractivity contribution in [2.45, 2.75) is 19.0 Å². The molecule has 1 saturated heterocycles. The van der Waals surface area contributed by atoms with Gasteiger partial charge in [0.05, 0.1) is 5.56 Å². The van der Waals surface area contributed by atoms with E-state index in [9.17, 15) is 13.2 Å². The van der Waals surface area contributed by atoms with E-state index in [1.165, 1.54) is 12.1 Å². The van der Waals surface area contributed by atoms with Crippen molar-refractivity contribution in [1.29, 1.82) is 0 Å². The summed E-state index contributed by atoms with van der Waals surface area (Å²) in [5.74, 6) is 0. The van der Waals surface area contributed by atoms with Gasteiger partial charge in [0.1, 0.15) is 0 Å².